The lowest BCUT2D eigenvalue weighted by Crippen LogP contribution is -2.54. The predicted molar refractivity (Wildman–Crippen MR) is 98.5 cm³/mol. The van der Waals surface area contributed by atoms with Gasteiger partial charge in [-0.15, -0.1) is 0 Å². The number of Topliss-reactive ketones (excluding diaryl/α,β-unsaturated/α-hetero) is 1. The van der Waals surface area contributed by atoms with E-state index in [-0.39, 0.29) is 6.61 Å². The number of nitrogens with one attached hydrogen (secondary N) is 1. The number of hydrogen-bond acceptors (Lipinski definition) is 9. The molecular weight excluding hydrogens is 384 g/mol. The Balaban J connectivity index is 2.22. The van der Waals surface area contributed by atoms with Crippen molar-refractivity contribution >= 4 is 23.6 Å². The van der Waals surface area contributed by atoms with Gasteiger partial charge in [-0.1, -0.05) is 0 Å². The number of amides is 1. The van der Waals surface area contributed by atoms with Gasteiger partial charge in [-0.05, 0) is 41.5 Å². The molecule has 0 aliphatic carbocycles. The Kier molecular flexibility index (Phi) is 6.39. The van der Waals surface area contributed by atoms with Crippen LogP contribution in [0.1, 0.15) is 41.5 Å². The average molecular weight is 412 g/mol. The van der Waals surface area contributed by atoms with Crippen LogP contribution in [0.15, 0.2) is 12.3 Å². The zero-order valence-electron chi connectivity index (χ0n) is 17.4. The molecule has 0 radical (unpaired) electrons. The summed E-state index contributed by atoms with van der Waals surface area (Å²) in [7, 11) is 0. The third-order valence-electron chi connectivity index (χ3n) is 4.23. The topological polar surface area (TPSA) is 131 Å². The van der Waals surface area contributed by atoms with E-state index >= 15 is 0 Å². The first-order chi connectivity index (χ1) is 13.2. The molecule has 0 spiro atoms. The molecule has 2 rings (SSSR count). The number of esters is 2. The quantitative estimate of drug-likeness (QED) is 0.615. The van der Waals surface area contributed by atoms with Crippen molar-refractivity contribution in [3.63, 3.8) is 0 Å². The summed E-state index contributed by atoms with van der Waals surface area (Å²) in [5.74, 6) is -2.32. The number of aliphatic hydroxyl groups is 1. The lowest BCUT2D eigenvalue weighted by molar-refractivity contribution is -0.171. The van der Waals surface area contributed by atoms with Crippen LogP contribution in [0.5, 0.6) is 0 Å². The number of rotatable bonds is 4. The largest absolute Gasteiger partial charge is 0.462 e. The van der Waals surface area contributed by atoms with Gasteiger partial charge in [-0.3, -0.25) is 19.2 Å². The molecular formula is C19H28N2O8. The number of nitrogens with zero attached hydrogens (tertiary/aromatic N) is 1. The Morgan fingerprint density at radius 1 is 1.14 bits per heavy atom. The van der Waals surface area contributed by atoms with Crippen molar-refractivity contribution < 1.29 is 38.5 Å². The maximum absolute atomic E-state index is 12.9. The van der Waals surface area contributed by atoms with E-state index in [1.54, 1.807) is 41.5 Å². The number of ether oxygens (including phenoxy) is 3. The first kappa shape index (κ1) is 22.8. The Morgan fingerprint density at radius 2 is 1.72 bits per heavy atom. The second kappa shape index (κ2) is 8.11. The Bertz CT molecular complexity index is 719. The molecule has 10 nitrogen and oxygen atoms in total. The molecule has 0 aromatic heterocycles. The van der Waals surface area contributed by atoms with Crippen LogP contribution in [0, 0.1) is 10.8 Å². The van der Waals surface area contributed by atoms with Crippen molar-refractivity contribution in [3.05, 3.63) is 12.3 Å². The molecule has 1 unspecified atom stereocenters. The summed E-state index contributed by atoms with van der Waals surface area (Å²) in [4.78, 5) is 49.7. The average Bonchev–Trinajstić information content (AvgIpc) is 2.87. The van der Waals surface area contributed by atoms with E-state index in [1.807, 2.05) is 0 Å². The molecule has 2 aliphatic heterocycles. The lowest BCUT2D eigenvalue weighted by Gasteiger charge is -2.32. The lowest BCUT2D eigenvalue weighted by atomic mass is 9.97. The fraction of sp³-hybridized carbons (Fsp3) is 0.684. The van der Waals surface area contributed by atoms with E-state index in [9.17, 15) is 24.3 Å². The highest BCUT2D eigenvalue weighted by Gasteiger charge is 2.51. The van der Waals surface area contributed by atoms with Gasteiger partial charge in [0, 0.05) is 12.3 Å². The summed E-state index contributed by atoms with van der Waals surface area (Å²) in [6.07, 6.45) is -2.92. The minimum atomic E-state index is -1.50. The van der Waals surface area contributed by atoms with Crippen LogP contribution in [0.4, 0.5) is 0 Å². The van der Waals surface area contributed by atoms with E-state index < -0.39 is 59.2 Å². The molecule has 0 aromatic carbocycles. The number of hydrogen-bond donors (Lipinski definition) is 2. The summed E-state index contributed by atoms with van der Waals surface area (Å²) in [6, 6.07) is 0. The van der Waals surface area contributed by atoms with Crippen molar-refractivity contribution in [1.82, 2.24) is 10.2 Å². The number of ketones is 1. The molecule has 162 valence electrons. The first-order valence-electron chi connectivity index (χ1n) is 9.23. The Labute approximate surface area is 169 Å². The highest BCUT2D eigenvalue weighted by atomic mass is 16.6. The second-order valence-corrected chi connectivity index (χ2v) is 9.00. The van der Waals surface area contributed by atoms with Crippen LogP contribution in [0.2, 0.25) is 0 Å². The van der Waals surface area contributed by atoms with Gasteiger partial charge in [-0.2, -0.15) is 0 Å². The smallest absolute Gasteiger partial charge is 0.312 e. The fourth-order valence-corrected chi connectivity index (χ4v) is 2.46. The van der Waals surface area contributed by atoms with E-state index in [1.165, 1.54) is 6.20 Å². The predicted octanol–water partition coefficient (Wildman–Crippen LogP) is 0.0490. The zero-order valence-corrected chi connectivity index (χ0v) is 17.4. The summed E-state index contributed by atoms with van der Waals surface area (Å²) < 4.78 is 16.3. The molecule has 29 heavy (non-hydrogen) atoms. The molecule has 0 saturated carbocycles. The van der Waals surface area contributed by atoms with Gasteiger partial charge in [0.15, 0.2) is 12.3 Å². The molecule has 2 N–H and O–H groups in total. The van der Waals surface area contributed by atoms with Gasteiger partial charge in [0.1, 0.15) is 12.7 Å². The molecule has 0 aromatic rings. The fourth-order valence-electron chi connectivity index (χ4n) is 2.46. The Morgan fingerprint density at radius 3 is 2.24 bits per heavy atom. The SMILES string of the molecule is CC(C)(C)C(=O)OC[C@H]1O[C@@H](N2C=CC(=O)NC2O)C(=O)[C@@H]1OC(=O)C(C)(C)C. The maximum Gasteiger partial charge on any atom is 0.312 e. The standard InChI is InChI=1S/C19H28N2O8/c1-18(2,3)15(24)27-9-10-13(29-16(25)19(4,5)6)12(23)14(28-10)21-8-7-11(22)20-17(21)26/h7-8,10,13-14,17,26H,9H2,1-6H3,(H,20,22)/t10-,13-,14-,17?/m1/s1. The number of carbonyl (C=O) groups excluding carboxylic acids is 4. The summed E-state index contributed by atoms with van der Waals surface area (Å²) >= 11 is 0. The molecule has 0 bridgehead atoms. The van der Waals surface area contributed by atoms with Gasteiger partial charge in [-0.25, -0.2) is 0 Å². The highest BCUT2D eigenvalue weighted by molar-refractivity contribution is 5.93. The van der Waals surface area contributed by atoms with Crippen molar-refractivity contribution in [1.29, 1.82) is 0 Å². The second-order valence-electron chi connectivity index (χ2n) is 9.00. The molecule has 1 fully saturated rings. The van der Waals surface area contributed by atoms with Gasteiger partial charge in [0.05, 0.1) is 10.8 Å². The minimum Gasteiger partial charge on any atom is -0.462 e. The minimum absolute atomic E-state index is 0.319. The van der Waals surface area contributed by atoms with Gasteiger partial charge in [0.25, 0.3) is 0 Å². The summed E-state index contributed by atoms with van der Waals surface area (Å²) in [5, 5.41) is 12.3. The molecule has 1 amide bonds. The number of carbonyl (C=O) groups is 4. The third-order valence-corrected chi connectivity index (χ3v) is 4.23. The van der Waals surface area contributed by atoms with Crippen molar-refractivity contribution in [2.75, 3.05) is 6.61 Å². The van der Waals surface area contributed by atoms with Gasteiger partial charge < -0.3 is 29.5 Å². The van der Waals surface area contributed by atoms with Crippen LogP contribution in [0.25, 0.3) is 0 Å². The molecule has 2 heterocycles. The van der Waals surface area contributed by atoms with E-state index in [4.69, 9.17) is 14.2 Å². The first-order valence-corrected chi connectivity index (χ1v) is 9.23. The summed E-state index contributed by atoms with van der Waals surface area (Å²) in [6.45, 7) is 9.60. The molecule has 2 aliphatic rings. The van der Waals surface area contributed by atoms with Crippen LogP contribution >= 0.6 is 0 Å². The normalized spacial score (nSPS) is 27.6. The molecule has 1 saturated heterocycles. The van der Waals surface area contributed by atoms with Crippen molar-refractivity contribution in [2.24, 2.45) is 10.8 Å². The van der Waals surface area contributed by atoms with Crippen LogP contribution in [-0.4, -0.2) is 65.0 Å². The van der Waals surface area contributed by atoms with Crippen molar-refractivity contribution in [3.8, 4) is 0 Å². The van der Waals surface area contributed by atoms with Gasteiger partial charge in [0.2, 0.25) is 18.0 Å². The van der Waals surface area contributed by atoms with Crippen LogP contribution in [0.3, 0.4) is 0 Å². The van der Waals surface area contributed by atoms with E-state index in [2.05, 4.69) is 5.32 Å². The highest BCUT2D eigenvalue weighted by Crippen LogP contribution is 2.28. The third kappa shape index (κ3) is 5.33. The molecule has 4 atom stereocenters. The van der Waals surface area contributed by atoms with Gasteiger partial charge >= 0.3 is 11.9 Å². The molecule has 10 heteroatoms. The maximum atomic E-state index is 12.9. The van der Waals surface area contributed by atoms with E-state index in [0.29, 0.717) is 0 Å². The van der Waals surface area contributed by atoms with Crippen LogP contribution < -0.4 is 5.32 Å². The Hall–Kier alpha value is -2.46. The zero-order chi connectivity index (χ0) is 22.1. The van der Waals surface area contributed by atoms with Crippen LogP contribution in [-0.2, 0) is 33.4 Å². The summed E-state index contributed by atoms with van der Waals surface area (Å²) in [5.41, 5.74) is -1.64. The van der Waals surface area contributed by atoms with Crippen molar-refractivity contribution in [2.45, 2.75) is 66.3 Å². The monoisotopic (exact) mass is 412 g/mol. The number of aliphatic hydroxyl groups excluding tert-OH is 1. The van der Waals surface area contributed by atoms with E-state index in [0.717, 1.165) is 11.0 Å².